The van der Waals surface area contributed by atoms with Crippen LogP contribution in [0.4, 0.5) is 14.9 Å². The number of carbonyl (C=O) groups is 1. The third kappa shape index (κ3) is 3.66. The fraction of sp³-hybridized carbons (Fsp3) is 0.611. The summed E-state index contributed by atoms with van der Waals surface area (Å²) in [5.41, 5.74) is 0.232. The van der Waals surface area contributed by atoms with E-state index in [1.165, 1.54) is 25.3 Å². The molecule has 2 bridgehead atoms. The SMILES string of the molecule is CC(C)[NH+]1[C@@H]2CCC[C@H]1CC(NC(=O)Nc1ccccc1F)C2. The Morgan fingerprint density at radius 1 is 1.22 bits per heavy atom. The van der Waals surface area contributed by atoms with E-state index >= 15 is 0 Å². The van der Waals surface area contributed by atoms with Crippen molar-refractivity contribution in [2.45, 2.75) is 70.1 Å². The molecule has 3 rings (SSSR count). The number of hydrogen-bond donors (Lipinski definition) is 3. The number of para-hydroxylation sites is 1. The summed E-state index contributed by atoms with van der Waals surface area (Å²) in [4.78, 5) is 13.9. The summed E-state index contributed by atoms with van der Waals surface area (Å²) in [6.07, 6.45) is 5.84. The second-order valence-corrected chi connectivity index (χ2v) is 7.23. The van der Waals surface area contributed by atoms with Gasteiger partial charge in [0.2, 0.25) is 0 Å². The fourth-order valence-electron chi connectivity index (χ4n) is 4.54. The molecule has 2 fully saturated rings. The molecule has 1 aromatic carbocycles. The molecule has 0 aromatic heterocycles. The number of piperidine rings is 2. The zero-order chi connectivity index (χ0) is 16.4. The molecule has 126 valence electrons. The Hall–Kier alpha value is -1.62. The first-order chi connectivity index (χ1) is 11.0. The van der Waals surface area contributed by atoms with Crippen LogP contribution in [0.2, 0.25) is 0 Å². The van der Waals surface area contributed by atoms with E-state index in [-0.39, 0.29) is 17.8 Å². The van der Waals surface area contributed by atoms with Crippen molar-refractivity contribution in [3.05, 3.63) is 30.1 Å². The van der Waals surface area contributed by atoms with Crippen molar-refractivity contribution in [3.8, 4) is 0 Å². The number of halogens is 1. The lowest BCUT2D eigenvalue weighted by Crippen LogP contribution is -3.23. The summed E-state index contributed by atoms with van der Waals surface area (Å²) in [7, 11) is 0. The number of hydrogen-bond acceptors (Lipinski definition) is 1. The maximum atomic E-state index is 13.6. The summed E-state index contributed by atoms with van der Waals surface area (Å²) in [6, 6.07) is 8.07. The average Bonchev–Trinajstić information content (AvgIpc) is 2.48. The third-order valence-corrected chi connectivity index (χ3v) is 5.31. The second kappa shape index (κ2) is 6.87. The molecule has 2 aliphatic rings. The molecule has 3 N–H and O–H groups in total. The van der Waals surface area contributed by atoms with Gasteiger partial charge in [0, 0.05) is 18.9 Å². The average molecular weight is 320 g/mol. The Morgan fingerprint density at radius 2 is 1.87 bits per heavy atom. The topological polar surface area (TPSA) is 45.6 Å². The Bertz CT molecular complexity index is 549. The molecule has 0 aliphatic carbocycles. The van der Waals surface area contributed by atoms with Gasteiger partial charge in [0.15, 0.2) is 0 Å². The largest absolute Gasteiger partial charge is 0.335 e. The minimum atomic E-state index is -0.404. The molecule has 2 saturated heterocycles. The molecule has 5 heteroatoms. The number of fused-ring (bicyclic) bond motifs is 2. The molecule has 0 radical (unpaired) electrons. The van der Waals surface area contributed by atoms with Gasteiger partial charge < -0.3 is 15.5 Å². The lowest BCUT2D eigenvalue weighted by molar-refractivity contribution is -0.980. The van der Waals surface area contributed by atoms with Crippen LogP contribution >= 0.6 is 0 Å². The maximum Gasteiger partial charge on any atom is 0.319 e. The van der Waals surface area contributed by atoms with Crippen molar-refractivity contribution in [1.82, 2.24) is 5.32 Å². The van der Waals surface area contributed by atoms with E-state index in [0.29, 0.717) is 18.1 Å². The Labute approximate surface area is 137 Å². The maximum absolute atomic E-state index is 13.6. The van der Waals surface area contributed by atoms with Gasteiger partial charge in [0.25, 0.3) is 0 Å². The van der Waals surface area contributed by atoms with E-state index in [4.69, 9.17) is 0 Å². The van der Waals surface area contributed by atoms with Crippen LogP contribution < -0.4 is 15.5 Å². The molecule has 2 unspecified atom stereocenters. The molecule has 0 saturated carbocycles. The molecule has 2 heterocycles. The van der Waals surface area contributed by atoms with Crippen molar-refractivity contribution < 1.29 is 14.1 Å². The number of anilines is 1. The van der Waals surface area contributed by atoms with E-state index in [1.54, 1.807) is 23.1 Å². The van der Waals surface area contributed by atoms with Gasteiger partial charge in [-0.15, -0.1) is 0 Å². The lowest BCUT2D eigenvalue weighted by atomic mass is 9.81. The number of quaternary nitrogens is 1. The lowest BCUT2D eigenvalue weighted by Gasteiger charge is -2.47. The molecular formula is C18H27FN3O+. The molecule has 4 atom stereocenters. The first-order valence-corrected chi connectivity index (χ1v) is 8.73. The number of carbonyl (C=O) groups excluding carboxylic acids is 1. The van der Waals surface area contributed by atoms with Crippen molar-refractivity contribution in [2.24, 2.45) is 0 Å². The van der Waals surface area contributed by atoms with E-state index in [2.05, 4.69) is 24.5 Å². The van der Waals surface area contributed by atoms with Crippen molar-refractivity contribution >= 4 is 11.7 Å². The minimum absolute atomic E-state index is 0.194. The summed E-state index contributed by atoms with van der Waals surface area (Å²) in [5, 5.41) is 5.68. The van der Waals surface area contributed by atoms with Gasteiger partial charge in [-0.3, -0.25) is 0 Å². The van der Waals surface area contributed by atoms with E-state index in [0.717, 1.165) is 12.8 Å². The van der Waals surface area contributed by atoms with E-state index in [9.17, 15) is 9.18 Å². The normalized spacial score (nSPS) is 30.1. The fourth-order valence-corrected chi connectivity index (χ4v) is 4.54. The number of urea groups is 1. The predicted octanol–water partition coefficient (Wildman–Crippen LogP) is 2.32. The van der Waals surface area contributed by atoms with E-state index < -0.39 is 5.82 Å². The first kappa shape index (κ1) is 16.2. The molecular weight excluding hydrogens is 293 g/mol. The smallest absolute Gasteiger partial charge is 0.319 e. The molecule has 4 nitrogen and oxygen atoms in total. The van der Waals surface area contributed by atoms with Crippen LogP contribution in [0.3, 0.4) is 0 Å². The van der Waals surface area contributed by atoms with Gasteiger partial charge in [0.1, 0.15) is 5.82 Å². The van der Waals surface area contributed by atoms with Gasteiger partial charge >= 0.3 is 6.03 Å². The van der Waals surface area contributed by atoms with Crippen molar-refractivity contribution in [1.29, 1.82) is 0 Å². The number of amides is 2. The van der Waals surface area contributed by atoms with Gasteiger partial charge in [0.05, 0.1) is 23.8 Å². The summed E-state index contributed by atoms with van der Waals surface area (Å²) in [6.45, 7) is 4.58. The standard InChI is InChI=1S/C18H26FN3O/c1-12(2)22-14-6-5-7-15(22)11-13(10-14)20-18(23)21-17-9-4-3-8-16(17)19/h3-4,8-9,12-15H,5-7,10-11H2,1-2H3,(H2,20,21,23)/p+1/t13?,14-,15+. The van der Waals surface area contributed by atoms with Crippen molar-refractivity contribution in [2.75, 3.05) is 5.32 Å². The van der Waals surface area contributed by atoms with Crippen LogP contribution in [0.25, 0.3) is 0 Å². The van der Waals surface area contributed by atoms with Crippen LogP contribution in [0.1, 0.15) is 46.0 Å². The third-order valence-electron chi connectivity index (χ3n) is 5.31. The van der Waals surface area contributed by atoms with Crippen molar-refractivity contribution in [3.63, 3.8) is 0 Å². The Kier molecular flexibility index (Phi) is 4.85. The highest BCUT2D eigenvalue weighted by Gasteiger charge is 2.43. The van der Waals surface area contributed by atoms with Crippen LogP contribution in [0.5, 0.6) is 0 Å². The summed E-state index contributed by atoms with van der Waals surface area (Å²) >= 11 is 0. The number of benzene rings is 1. The number of nitrogens with one attached hydrogen (secondary N) is 3. The molecule has 1 aromatic rings. The summed E-state index contributed by atoms with van der Waals surface area (Å²) < 4.78 is 13.6. The van der Waals surface area contributed by atoms with Gasteiger partial charge in [-0.2, -0.15) is 0 Å². The molecule has 2 amide bonds. The quantitative estimate of drug-likeness (QED) is 0.786. The van der Waals surface area contributed by atoms with Crippen LogP contribution in [-0.4, -0.2) is 30.2 Å². The monoisotopic (exact) mass is 320 g/mol. The van der Waals surface area contributed by atoms with Crippen LogP contribution in [0.15, 0.2) is 24.3 Å². The van der Waals surface area contributed by atoms with Crippen LogP contribution in [0, 0.1) is 5.82 Å². The van der Waals surface area contributed by atoms with Gasteiger partial charge in [-0.25, -0.2) is 9.18 Å². The highest BCUT2D eigenvalue weighted by molar-refractivity contribution is 5.89. The molecule has 0 spiro atoms. The Morgan fingerprint density at radius 3 is 2.48 bits per heavy atom. The minimum Gasteiger partial charge on any atom is -0.335 e. The zero-order valence-electron chi connectivity index (χ0n) is 13.9. The highest BCUT2D eigenvalue weighted by atomic mass is 19.1. The first-order valence-electron chi connectivity index (χ1n) is 8.73. The summed E-state index contributed by atoms with van der Waals surface area (Å²) in [5.74, 6) is -0.404. The highest BCUT2D eigenvalue weighted by Crippen LogP contribution is 2.23. The Balaban J connectivity index is 1.59. The van der Waals surface area contributed by atoms with Gasteiger partial charge in [-0.1, -0.05) is 12.1 Å². The zero-order valence-corrected chi connectivity index (χ0v) is 13.9. The van der Waals surface area contributed by atoms with Gasteiger partial charge in [-0.05, 0) is 45.2 Å². The predicted molar refractivity (Wildman–Crippen MR) is 89.1 cm³/mol. The number of rotatable bonds is 3. The molecule has 23 heavy (non-hydrogen) atoms. The van der Waals surface area contributed by atoms with Crippen LogP contribution in [-0.2, 0) is 0 Å². The second-order valence-electron chi connectivity index (χ2n) is 7.23. The molecule has 2 aliphatic heterocycles. The van der Waals surface area contributed by atoms with E-state index in [1.807, 2.05) is 0 Å².